The molecule has 16 heteroatoms. The van der Waals surface area contributed by atoms with Crippen molar-refractivity contribution >= 4 is 40.9 Å². The molecule has 47 heavy (non-hydrogen) atoms. The van der Waals surface area contributed by atoms with Gasteiger partial charge < -0.3 is 40.2 Å². The number of hydrogen-bond acceptors (Lipinski definition) is 10. The molecule has 0 aliphatic carbocycles. The number of nitrogens with one attached hydrogen (secondary N) is 4. The van der Waals surface area contributed by atoms with E-state index in [1.165, 1.54) is 6.08 Å². The fourth-order valence-electron chi connectivity index (χ4n) is 4.97. The van der Waals surface area contributed by atoms with Crippen molar-refractivity contribution in [3.05, 3.63) is 45.8 Å². The van der Waals surface area contributed by atoms with Crippen LogP contribution in [0, 0.1) is 11.3 Å². The van der Waals surface area contributed by atoms with E-state index in [9.17, 15) is 19.6 Å². The monoisotopic (exact) mass is 672 g/mol. The number of carbonyl (C=O) groups is 3. The van der Waals surface area contributed by atoms with Gasteiger partial charge in [-0.15, -0.1) is 0 Å². The lowest BCUT2D eigenvalue weighted by Crippen LogP contribution is -2.36. The number of hydrogen-bond donors (Lipinski definition) is 4. The van der Waals surface area contributed by atoms with E-state index in [0.717, 1.165) is 25.0 Å². The van der Waals surface area contributed by atoms with Gasteiger partial charge in [-0.1, -0.05) is 23.7 Å². The Morgan fingerprint density at radius 2 is 1.70 bits per heavy atom. The van der Waals surface area contributed by atoms with E-state index in [2.05, 4.69) is 31.3 Å². The molecule has 4 N–H and O–H groups in total. The molecule has 0 bridgehead atoms. The molecule has 15 nitrogen and oxygen atoms in total. The van der Waals surface area contributed by atoms with E-state index in [1.807, 2.05) is 17.8 Å². The van der Waals surface area contributed by atoms with Crippen molar-refractivity contribution in [3.8, 4) is 6.07 Å². The first kappa shape index (κ1) is 37.6. The number of fused-ring (bicyclic) bond motifs is 1. The minimum atomic E-state index is -0.287. The van der Waals surface area contributed by atoms with Gasteiger partial charge in [0.15, 0.2) is 0 Å². The summed E-state index contributed by atoms with van der Waals surface area (Å²) >= 11 is 1.89. The van der Waals surface area contributed by atoms with Gasteiger partial charge in [-0.05, 0) is 42.5 Å². The average molecular weight is 673 g/mol. The molecule has 2 saturated heterocycles. The molecule has 0 unspecified atom stereocenters. The molecule has 2 aliphatic heterocycles. The summed E-state index contributed by atoms with van der Waals surface area (Å²) in [7, 11) is 0. The standard InChI is InChI=1S/C31H44N8O7S/c1-22(23-6-7-25(38-39-33)24(19-23)20-32)18-29(41)35-9-11-44-13-15-46-17-16-45-14-12-43-10-8-34-28(40)5-3-2-4-27-30-26(21-47-27)36-31(42)37-30/h6-7,18-19,26-27,30H,2-5,8-17,21H2,1H3,(H,34,40)(H,35,41)(H2,36,37,42)/b22-18+/t26-,27-,30-/m0/s1. The van der Waals surface area contributed by atoms with E-state index in [-0.39, 0.29) is 41.2 Å². The van der Waals surface area contributed by atoms with Crippen LogP contribution >= 0.6 is 11.8 Å². The van der Waals surface area contributed by atoms with E-state index in [1.54, 1.807) is 25.1 Å². The number of amides is 4. The maximum absolute atomic E-state index is 12.2. The minimum absolute atomic E-state index is 0.0241. The number of azide groups is 1. The largest absolute Gasteiger partial charge is 0.377 e. The lowest BCUT2D eigenvalue weighted by Gasteiger charge is -2.16. The summed E-state index contributed by atoms with van der Waals surface area (Å²) in [6.07, 6.45) is 4.71. The van der Waals surface area contributed by atoms with Crippen molar-refractivity contribution in [2.24, 2.45) is 5.11 Å². The summed E-state index contributed by atoms with van der Waals surface area (Å²) < 4.78 is 21.9. The second-order valence-electron chi connectivity index (χ2n) is 10.8. The Balaban J connectivity index is 1.05. The normalized spacial score (nSPS) is 18.4. The molecule has 1 aromatic carbocycles. The Labute approximate surface area is 279 Å². The van der Waals surface area contributed by atoms with Crippen LogP contribution in [0.3, 0.4) is 0 Å². The van der Waals surface area contributed by atoms with Crippen LogP contribution < -0.4 is 21.3 Å². The third-order valence-electron chi connectivity index (χ3n) is 7.38. The van der Waals surface area contributed by atoms with Crippen molar-refractivity contribution in [2.45, 2.75) is 49.9 Å². The van der Waals surface area contributed by atoms with Gasteiger partial charge in [-0.3, -0.25) is 9.59 Å². The highest BCUT2D eigenvalue weighted by molar-refractivity contribution is 8.00. The highest BCUT2D eigenvalue weighted by atomic mass is 32.2. The zero-order valence-electron chi connectivity index (χ0n) is 26.7. The molecule has 3 rings (SSSR count). The summed E-state index contributed by atoms with van der Waals surface area (Å²) in [5, 5.41) is 24.7. The van der Waals surface area contributed by atoms with Crippen molar-refractivity contribution in [1.29, 1.82) is 5.26 Å². The van der Waals surface area contributed by atoms with Crippen LogP contribution in [0.25, 0.3) is 16.0 Å². The smallest absolute Gasteiger partial charge is 0.315 e. The Morgan fingerprint density at radius 1 is 1.04 bits per heavy atom. The molecule has 3 atom stereocenters. The molecule has 0 aromatic heterocycles. The van der Waals surface area contributed by atoms with Gasteiger partial charge in [0.05, 0.1) is 82.3 Å². The van der Waals surface area contributed by atoms with Crippen molar-refractivity contribution in [3.63, 3.8) is 0 Å². The minimum Gasteiger partial charge on any atom is -0.377 e. The highest BCUT2D eigenvalue weighted by Gasteiger charge is 2.42. The number of nitrogens with zero attached hydrogens (tertiary/aromatic N) is 4. The number of thioether (sulfide) groups is 1. The maximum atomic E-state index is 12.2. The van der Waals surface area contributed by atoms with E-state index >= 15 is 0 Å². The van der Waals surface area contributed by atoms with Crippen LogP contribution in [0.15, 0.2) is 29.4 Å². The van der Waals surface area contributed by atoms with Crippen molar-refractivity contribution in [1.82, 2.24) is 21.3 Å². The fraction of sp³-hybridized carbons (Fsp3) is 0.613. The fourth-order valence-corrected chi connectivity index (χ4v) is 6.51. The molecular weight excluding hydrogens is 628 g/mol. The predicted octanol–water partition coefficient (Wildman–Crippen LogP) is 2.93. The van der Waals surface area contributed by atoms with Gasteiger partial charge in [0.25, 0.3) is 0 Å². The molecule has 0 spiro atoms. The zero-order valence-corrected chi connectivity index (χ0v) is 27.5. The molecule has 2 heterocycles. The third-order valence-corrected chi connectivity index (χ3v) is 8.89. The first-order valence-corrected chi connectivity index (χ1v) is 16.8. The first-order chi connectivity index (χ1) is 22.9. The maximum Gasteiger partial charge on any atom is 0.315 e. The Bertz CT molecular complexity index is 1300. The molecule has 256 valence electrons. The summed E-state index contributed by atoms with van der Waals surface area (Å²) in [6.45, 7) is 5.78. The summed E-state index contributed by atoms with van der Waals surface area (Å²) in [5.74, 6) is 0.686. The van der Waals surface area contributed by atoms with Gasteiger partial charge in [0.1, 0.15) is 0 Å². The second kappa shape index (κ2) is 21.9. The molecule has 2 fully saturated rings. The molecule has 2 aliphatic rings. The number of ether oxygens (including phenoxy) is 4. The van der Waals surface area contributed by atoms with E-state index < -0.39 is 0 Å². The SMILES string of the molecule is C/C(=C\C(=O)NCCOCCOCCOCCOCCNC(=O)CCCC[C@@H]1SC[C@@H]2NC(=O)N[C@@H]21)c1ccc(N=[N+]=[N-])c(C#N)c1. The Hall–Kier alpha value is -3.84. The number of carbonyl (C=O) groups excluding carboxylic acids is 3. The lowest BCUT2D eigenvalue weighted by molar-refractivity contribution is -0.121. The molecule has 1 aromatic rings. The molecule has 0 saturated carbocycles. The van der Waals surface area contributed by atoms with Crippen molar-refractivity contribution in [2.75, 3.05) is 71.7 Å². The van der Waals surface area contributed by atoms with E-state index in [4.69, 9.17) is 24.5 Å². The number of unbranched alkanes of at least 4 members (excludes halogenated alkanes) is 1. The first-order valence-electron chi connectivity index (χ1n) is 15.7. The highest BCUT2D eigenvalue weighted by Crippen LogP contribution is 2.33. The van der Waals surface area contributed by atoms with Gasteiger partial charge in [0.2, 0.25) is 11.8 Å². The van der Waals surface area contributed by atoms with Gasteiger partial charge in [-0.2, -0.15) is 17.0 Å². The Kier molecular flexibility index (Phi) is 17.5. The number of nitriles is 1. The van der Waals surface area contributed by atoms with Gasteiger partial charge in [0, 0.05) is 41.5 Å². The zero-order chi connectivity index (χ0) is 33.7. The molecule has 0 radical (unpaired) electrons. The van der Waals surface area contributed by atoms with Crippen molar-refractivity contribution < 1.29 is 33.3 Å². The summed E-state index contributed by atoms with van der Waals surface area (Å²) in [4.78, 5) is 38.3. The quantitative estimate of drug-likeness (QED) is 0.0336. The van der Waals surface area contributed by atoms with Crippen LogP contribution in [0.5, 0.6) is 0 Å². The van der Waals surface area contributed by atoms with Gasteiger partial charge >= 0.3 is 6.03 Å². The number of urea groups is 1. The average Bonchev–Trinajstić information content (AvgIpc) is 3.62. The van der Waals surface area contributed by atoms with Gasteiger partial charge in [-0.25, -0.2) is 4.79 Å². The number of allylic oxidation sites excluding steroid dienone is 1. The van der Waals surface area contributed by atoms with Crippen LogP contribution in [-0.2, 0) is 28.5 Å². The third kappa shape index (κ3) is 14.2. The molecule has 4 amide bonds. The predicted molar refractivity (Wildman–Crippen MR) is 177 cm³/mol. The van der Waals surface area contributed by atoms with Crippen LogP contribution in [-0.4, -0.2) is 107 Å². The summed E-state index contributed by atoms with van der Waals surface area (Å²) in [6, 6.07) is 7.15. The van der Waals surface area contributed by atoms with Crippen LogP contribution in [0.1, 0.15) is 43.7 Å². The number of rotatable bonds is 23. The van der Waals surface area contributed by atoms with E-state index in [0.29, 0.717) is 88.8 Å². The lowest BCUT2D eigenvalue weighted by atomic mass is 10.0. The van der Waals surface area contributed by atoms with Crippen LogP contribution in [0.4, 0.5) is 10.5 Å². The summed E-state index contributed by atoms with van der Waals surface area (Å²) in [5.41, 5.74) is 10.4. The number of benzene rings is 1. The molecular formula is C31H44N8O7S. The second-order valence-corrected chi connectivity index (χ2v) is 12.1. The Morgan fingerprint density at radius 3 is 2.36 bits per heavy atom. The topological polar surface area (TPSA) is 209 Å². The van der Waals surface area contributed by atoms with Crippen LogP contribution in [0.2, 0.25) is 0 Å².